The Morgan fingerprint density at radius 3 is 2.67 bits per heavy atom. The molecule has 0 heterocycles. The molecule has 2 nitrogen and oxygen atoms in total. The second-order valence-corrected chi connectivity index (χ2v) is 2.46. The van der Waals surface area contributed by atoms with E-state index in [1.54, 1.807) is 0 Å². The van der Waals surface area contributed by atoms with Crippen LogP contribution in [-0.2, 0) is 11.1 Å². The van der Waals surface area contributed by atoms with Gasteiger partial charge in [-0.2, -0.15) is 0 Å². The fourth-order valence-corrected chi connectivity index (χ4v) is 0.548. The summed E-state index contributed by atoms with van der Waals surface area (Å²) in [5, 5.41) is 2.06. The molecule has 0 rings (SSSR count). The SMILES string of the molecule is CCC(C)C#CS(=O)[O-]. The number of rotatable bonds is 1. The number of hydrogen-bond acceptors (Lipinski definition) is 2. The molecule has 0 saturated heterocycles. The second kappa shape index (κ2) is 4.54. The van der Waals surface area contributed by atoms with Gasteiger partial charge in [-0.15, -0.1) is 0 Å². The minimum atomic E-state index is -2.20. The topological polar surface area (TPSA) is 40.1 Å². The Kier molecular flexibility index (Phi) is 4.37. The van der Waals surface area contributed by atoms with Crippen molar-refractivity contribution in [1.82, 2.24) is 0 Å². The highest BCUT2D eigenvalue weighted by Gasteiger charge is 1.87. The van der Waals surface area contributed by atoms with E-state index in [1.807, 2.05) is 13.8 Å². The van der Waals surface area contributed by atoms with Crippen molar-refractivity contribution in [3.8, 4) is 11.2 Å². The first-order valence-corrected chi connectivity index (χ1v) is 3.84. The second-order valence-electron chi connectivity index (χ2n) is 1.79. The molecule has 0 saturated carbocycles. The monoisotopic (exact) mass is 145 g/mol. The van der Waals surface area contributed by atoms with Crippen LogP contribution in [0.2, 0.25) is 0 Å². The van der Waals surface area contributed by atoms with Crippen LogP contribution in [-0.4, -0.2) is 8.76 Å². The molecule has 9 heavy (non-hydrogen) atoms. The van der Waals surface area contributed by atoms with Gasteiger partial charge < -0.3 is 4.55 Å². The molecule has 0 spiro atoms. The molecular weight excluding hydrogens is 136 g/mol. The third-order valence-electron chi connectivity index (χ3n) is 1.00. The predicted octanol–water partition coefficient (Wildman–Crippen LogP) is 0.873. The lowest BCUT2D eigenvalue weighted by molar-refractivity contribution is 0.548. The molecule has 0 amide bonds. The Hall–Kier alpha value is -0.330. The van der Waals surface area contributed by atoms with Gasteiger partial charge in [-0.25, -0.2) is 0 Å². The Morgan fingerprint density at radius 1 is 1.78 bits per heavy atom. The van der Waals surface area contributed by atoms with Crippen LogP contribution < -0.4 is 0 Å². The van der Waals surface area contributed by atoms with Gasteiger partial charge >= 0.3 is 0 Å². The largest absolute Gasteiger partial charge is 0.762 e. The summed E-state index contributed by atoms with van der Waals surface area (Å²) < 4.78 is 19.7. The summed E-state index contributed by atoms with van der Waals surface area (Å²) in [5.41, 5.74) is 0. The molecule has 2 atom stereocenters. The van der Waals surface area contributed by atoms with Crippen LogP contribution >= 0.6 is 0 Å². The Balaban J connectivity index is 3.72. The van der Waals surface area contributed by atoms with Crippen molar-refractivity contribution in [3.63, 3.8) is 0 Å². The molecule has 0 N–H and O–H groups in total. The third kappa shape index (κ3) is 5.54. The lowest BCUT2D eigenvalue weighted by Crippen LogP contribution is -1.86. The molecule has 0 radical (unpaired) electrons. The van der Waals surface area contributed by atoms with E-state index in [2.05, 4.69) is 11.2 Å². The third-order valence-corrected chi connectivity index (χ3v) is 1.29. The summed E-state index contributed by atoms with van der Waals surface area (Å²) in [6.07, 6.45) is 0.893. The zero-order valence-corrected chi connectivity index (χ0v) is 6.33. The molecule has 0 aliphatic rings. The first-order valence-electron chi connectivity index (χ1n) is 2.77. The van der Waals surface area contributed by atoms with Crippen molar-refractivity contribution < 1.29 is 8.76 Å². The van der Waals surface area contributed by atoms with Crippen LogP contribution in [0.3, 0.4) is 0 Å². The van der Waals surface area contributed by atoms with Crippen molar-refractivity contribution in [1.29, 1.82) is 0 Å². The van der Waals surface area contributed by atoms with Crippen molar-refractivity contribution in [3.05, 3.63) is 0 Å². The molecule has 0 aromatic heterocycles. The first-order chi connectivity index (χ1) is 4.16. The average molecular weight is 145 g/mol. The summed E-state index contributed by atoms with van der Waals surface area (Å²) in [4.78, 5) is 0. The van der Waals surface area contributed by atoms with E-state index in [4.69, 9.17) is 0 Å². The molecule has 3 heteroatoms. The van der Waals surface area contributed by atoms with Gasteiger partial charge in [0.25, 0.3) is 0 Å². The summed E-state index contributed by atoms with van der Waals surface area (Å²) in [6.45, 7) is 3.85. The molecule has 0 bridgehead atoms. The fourth-order valence-electron chi connectivity index (χ4n) is 0.251. The zero-order valence-electron chi connectivity index (χ0n) is 5.51. The average Bonchev–Trinajstić information content (AvgIpc) is 1.83. The Bertz CT molecular complexity index is 154. The Morgan fingerprint density at radius 2 is 2.33 bits per heavy atom. The molecule has 0 aliphatic carbocycles. The van der Waals surface area contributed by atoms with E-state index < -0.39 is 11.1 Å². The molecule has 2 unspecified atom stereocenters. The highest BCUT2D eigenvalue weighted by Crippen LogP contribution is 1.95. The van der Waals surface area contributed by atoms with Crippen LogP contribution in [0, 0.1) is 17.1 Å². The van der Waals surface area contributed by atoms with Crippen LogP contribution in [0.15, 0.2) is 0 Å². The molecule has 0 aliphatic heterocycles. The van der Waals surface area contributed by atoms with Crippen molar-refractivity contribution in [2.75, 3.05) is 0 Å². The van der Waals surface area contributed by atoms with Gasteiger partial charge in [0.05, 0.1) is 0 Å². The van der Waals surface area contributed by atoms with Crippen LogP contribution in [0.5, 0.6) is 0 Å². The van der Waals surface area contributed by atoms with Gasteiger partial charge in [0.15, 0.2) is 0 Å². The van der Waals surface area contributed by atoms with Crippen LogP contribution in [0.4, 0.5) is 0 Å². The minimum absolute atomic E-state index is 0.183. The summed E-state index contributed by atoms with van der Waals surface area (Å²) >= 11 is -2.20. The van der Waals surface area contributed by atoms with Crippen molar-refractivity contribution >= 4 is 11.1 Å². The normalized spacial score (nSPS) is 15.4. The molecular formula is C6H9O2S-. The van der Waals surface area contributed by atoms with E-state index in [1.165, 1.54) is 0 Å². The molecule has 0 aromatic carbocycles. The van der Waals surface area contributed by atoms with Gasteiger partial charge in [-0.3, -0.25) is 4.21 Å². The maximum absolute atomic E-state index is 9.85. The first kappa shape index (κ1) is 8.67. The summed E-state index contributed by atoms with van der Waals surface area (Å²) in [6, 6.07) is 0. The summed E-state index contributed by atoms with van der Waals surface area (Å²) in [7, 11) is 0. The molecule has 0 fully saturated rings. The number of hydrogen-bond donors (Lipinski definition) is 0. The van der Waals surface area contributed by atoms with E-state index in [0.29, 0.717) is 0 Å². The van der Waals surface area contributed by atoms with Crippen molar-refractivity contribution in [2.45, 2.75) is 20.3 Å². The smallest absolute Gasteiger partial charge is 0.0247 e. The highest BCUT2D eigenvalue weighted by molar-refractivity contribution is 7.84. The van der Waals surface area contributed by atoms with Crippen LogP contribution in [0.25, 0.3) is 0 Å². The molecule has 0 aromatic rings. The van der Waals surface area contributed by atoms with E-state index in [0.717, 1.165) is 6.42 Å². The quantitative estimate of drug-likeness (QED) is 0.406. The predicted molar refractivity (Wildman–Crippen MR) is 36.2 cm³/mol. The van der Waals surface area contributed by atoms with Gasteiger partial charge in [0.2, 0.25) is 0 Å². The fraction of sp³-hybridized carbons (Fsp3) is 0.667. The van der Waals surface area contributed by atoms with Gasteiger partial charge in [0, 0.05) is 17.0 Å². The van der Waals surface area contributed by atoms with Crippen molar-refractivity contribution in [2.24, 2.45) is 5.92 Å². The molecule has 52 valence electrons. The lowest BCUT2D eigenvalue weighted by atomic mass is 10.1. The lowest BCUT2D eigenvalue weighted by Gasteiger charge is -1.95. The van der Waals surface area contributed by atoms with Crippen LogP contribution in [0.1, 0.15) is 20.3 Å². The van der Waals surface area contributed by atoms with Gasteiger partial charge in [-0.1, -0.05) is 19.8 Å². The maximum atomic E-state index is 9.85. The van der Waals surface area contributed by atoms with Gasteiger partial charge in [0.1, 0.15) is 0 Å². The Labute approximate surface area is 57.9 Å². The summed E-state index contributed by atoms with van der Waals surface area (Å²) in [5.74, 6) is 2.75. The van der Waals surface area contributed by atoms with E-state index in [-0.39, 0.29) is 5.92 Å². The standard InChI is InChI=1S/C6H10O2S/c1-3-6(2)4-5-9(7)8/h6H,3H2,1-2H3,(H,7,8)/p-1. The van der Waals surface area contributed by atoms with E-state index >= 15 is 0 Å². The maximum Gasteiger partial charge on any atom is 0.0247 e. The zero-order chi connectivity index (χ0) is 7.28. The highest BCUT2D eigenvalue weighted by atomic mass is 32.2. The minimum Gasteiger partial charge on any atom is -0.762 e. The van der Waals surface area contributed by atoms with E-state index in [9.17, 15) is 8.76 Å². The van der Waals surface area contributed by atoms with Gasteiger partial charge in [-0.05, 0) is 11.7 Å².